The lowest BCUT2D eigenvalue weighted by molar-refractivity contribution is 0.0960. The first-order valence-corrected chi connectivity index (χ1v) is 11.1. The number of carbonyl (C=O) groups excluding carboxylic acids is 1. The summed E-state index contributed by atoms with van der Waals surface area (Å²) in [6.45, 7) is 4.22. The third kappa shape index (κ3) is 3.04. The molecule has 1 saturated carbocycles. The van der Waals surface area contributed by atoms with Crippen LogP contribution in [0.2, 0.25) is 0 Å². The highest BCUT2D eigenvalue weighted by molar-refractivity contribution is 5.92. The van der Waals surface area contributed by atoms with Crippen molar-refractivity contribution in [3.05, 3.63) is 70.9 Å². The normalized spacial score (nSPS) is 22.4. The van der Waals surface area contributed by atoms with E-state index >= 15 is 0 Å². The van der Waals surface area contributed by atoms with Gasteiger partial charge in [-0.3, -0.25) is 4.79 Å². The van der Waals surface area contributed by atoms with E-state index in [1.807, 2.05) is 6.07 Å². The van der Waals surface area contributed by atoms with E-state index in [0.29, 0.717) is 12.1 Å². The lowest BCUT2D eigenvalue weighted by atomic mass is 9.66. The molecule has 0 spiro atoms. The number of nitrogens with zero attached hydrogens (tertiary/aromatic N) is 4. The Morgan fingerprint density at radius 3 is 2.67 bits per heavy atom. The van der Waals surface area contributed by atoms with E-state index in [-0.39, 0.29) is 47.2 Å². The molecule has 8 heteroatoms. The zero-order valence-corrected chi connectivity index (χ0v) is 18.5. The lowest BCUT2D eigenvalue weighted by Gasteiger charge is -2.37. The van der Waals surface area contributed by atoms with Crippen LogP contribution in [-0.4, -0.2) is 37.7 Å². The van der Waals surface area contributed by atoms with Crippen LogP contribution in [0, 0.1) is 17.0 Å². The summed E-state index contributed by atoms with van der Waals surface area (Å²) in [4.78, 5) is 21.3. The highest BCUT2D eigenvalue weighted by Gasteiger charge is 2.65. The molecule has 33 heavy (non-hydrogen) atoms. The van der Waals surface area contributed by atoms with Crippen LogP contribution in [0.15, 0.2) is 36.5 Å². The number of aliphatic hydroxyl groups excluding tert-OH is 1. The summed E-state index contributed by atoms with van der Waals surface area (Å²) in [5, 5.41) is 17.8. The maximum absolute atomic E-state index is 14.4. The molecule has 170 valence electrons. The number of hydrogen-bond donors (Lipinski definition) is 1. The molecule has 2 aliphatic carbocycles. The van der Waals surface area contributed by atoms with Crippen LogP contribution in [0.1, 0.15) is 73.0 Å². The molecule has 0 amide bonds. The molecular weight excluding hydrogens is 426 g/mol. The molecule has 2 atom stereocenters. The predicted octanol–water partition coefficient (Wildman–Crippen LogP) is 4.37. The molecule has 1 aromatic carbocycles. The summed E-state index contributed by atoms with van der Waals surface area (Å²) in [6, 6.07) is 7.31. The second-order valence-electron chi connectivity index (χ2n) is 9.36. The van der Waals surface area contributed by atoms with E-state index < -0.39 is 17.0 Å². The van der Waals surface area contributed by atoms with Gasteiger partial charge in [-0.05, 0) is 60.4 Å². The van der Waals surface area contributed by atoms with Crippen molar-refractivity contribution in [2.75, 3.05) is 6.61 Å². The molecule has 2 bridgehead atoms. The predicted molar refractivity (Wildman–Crippen MR) is 117 cm³/mol. The fourth-order valence-electron chi connectivity index (χ4n) is 5.84. The van der Waals surface area contributed by atoms with Gasteiger partial charge in [0.1, 0.15) is 11.6 Å². The molecule has 2 aliphatic rings. The van der Waals surface area contributed by atoms with Crippen molar-refractivity contribution < 1.29 is 18.7 Å². The van der Waals surface area contributed by atoms with Crippen LogP contribution in [0.3, 0.4) is 0 Å². The van der Waals surface area contributed by atoms with Gasteiger partial charge in [0.05, 0.1) is 28.1 Å². The molecule has 3 aromatic rings. The second kappa shape index (κ2) is 7.73. The second-order valence-corrected chi connectivity index (χ2v) is 9.36. The van der Waals surface area contributed by atoms with Gasteiger partial charge < -0.3 is 5.11 Å². The average Bonchev–Trinajstić information content (AvgIpc) is 3.18. The number of hydrogen-bond acceptors (Lipinski definition) is 6. The molecule has 1 fully saturated rings. The molecule has 0 aliphatic heterocycles. The Morgan fingerprint density at radius 1 is 1.18 bits per heavy atom. The standard InChI is InChI=1S/C25H24F2N4O2/c1-24(2)15-8-10-25(24,20-9-11-28-23(29-20)19(33)7-4-12-32)22-14(15)13-18(30-31-22)21-16(26)5-3-6-17(21)27/h3,5-6,9,11,13,15,32H,4,7-8,10,12H2,1-2H3/t15-,25-/m0/s1. The zero-order valence-electron chi connectivity index (χ0n) is 18.5. The van der Waals surface area contributed by atoms with Crippen LogP contribution >= 0.6 is 0 Å². The van der Waals surface area contributed by atoms with Gasteiger partial charge in [0.2, 0.25) is 0 Å². The zero-order chi connectivity index (χ0) is 23.4. The fourth-order valence-corrected chi connectivity index (χ4v) is 5.84. The number of rotatable bonds is 6. The molecule has 0 radical (unpaired) electrons. The number of ketones is 1. The Hall–Kier alpha value is -3.13. The average molecular weight is 450 g/mol. The largest absolute Gasteiger partial charge is 0.396 e. The summed E-state index contributed by atoms with van der Waals surface area (Å²) in [5.74, 6) is -1.34. The number of carbonyl (C=O) groups is 1. The maximum atomic E-state index is 14.4. The Balaban J connectivity index is 1.63. The molecule has 0 saturated heterocycles. The monoisotopic (exact) mass is 450 g/mol. The third-order valence-corrected chi connectivity index (χ3v) is 7.51. The number of Topliss-reactive ketones (excluding diaryl/α,β-unsaturated/α-hetero) is 1. The summed E-state index contributed by atoms with van der Waals surface area (Å²) in [5.41, 5.74) is 1.49. The van der Waals surface area contributed by atoms with E-state index in [2.05, 4.69) is 34.0 Å². The van der Waals surface area contributed by atoms with E-state index in [9.17, 15) is 13.6 Å². The molecule has 2 heterocycles. The third-order valence-electron chi connectivity index (χ3n) is 7.51. The van der Waals surface area contributed by atoms with Crippen LogP contribution in [-0.2, 0) is 5.41 Å². The Morgan fingerprint density at radius 2 is 1.94 bits per heavy atom. The highest BCUT2D eigenvalue weighted by Crippen LogP contribution is 2.69. The van der Waals surface area contributed by atoms with E-state index in [1.54, 1.807) is 12.3 Å². The van der Waals surface area contributed by atoms with Gasteiger partial charge in [-0.15, -0.1) is 5.10 Å². The van der Waals surface area contributed by atoms with Gasteiger partial charge in [0.15, 0.2) is 11.6 Å². The SMILES string of the molecule is CC1(C)[C@H]2CC[C@]1(c1ccnc(C(=O)CCCO)n1)c1nnc(-c3c(F)cccc3F)cc12. The summed E-state index contributed by atoms with van der Waals surface area (Å²) < 4.78 is 28.8. The summed E-state index contributed by atoms with van der Waals surface area (Å²) >= 11 is 0. The fraction of sp³-hybridized carbons (Fsp3) is 0.400. The molecule has 2 aromatic heterocycles. The topological polar surface area (TPSA) is 88.9 Å². The van der Waals surface area contributed by atoms with Gasteiger partial charge in [-0.25, -0.2) is 18.7 Å². The van der Waals surface area contributed by atoms with Crippen LogP contribution in [0.5, 0.6) is 0 Å². The van der Waals surface area contributed by atoms with Crippen molar-refractivity contribution in [3.8, 4) is 11.3 Å². The number of fused-ring (bicyclic) bond motifs is 5. The number of aromatic nitrogens is 4. The van der Waals surface area contributed by atoms with Crippen molar-refractivity contribution >= 4 is 5.78 Å². The molecule has 5 rings (SSSR count). The molecular formula is C25H24F2N4O2. The first kappa shape index (κ1) is 21.7. The minimum absolute atomic E-state index is 0.0714. The van der Waals surface area contributed by atoms with Gasteiger partial charge in [0.25, 0.3) is 0 Å². The van der Waals surface area contributed by atoms with E-state index in [1.165, 1.54) is 18.2 Å². The number of halogens is 2. The van der Waals surface area contributed by atoms with E-state index in [4.69, 9.17) is 5.11 Å². The van der Waals surface area contributed by atoms with Gasteiger partial charge in [-0.1, -0.05) is 19.9 Å². The van der Waals surface area contributed by atoms with Gasteiger partial charge in [0, 0.05) is 19.2 Å². The highest BCUT2D eigenvalue weighted by atomic mass is 19.1. The Bertz CT molecular complexity index is 1240. The molecule has 6 nitrogen and oxygen atoms in total. The number of benzene rings is 1. The minimum atomic E-state index is -0.678. The quantitative estimate of drug-likeness (QED) is 0.561. The lowest BCUT2D eigenvalue weighted by Crippen LogP contribution is -2.38. The van der Waals surface area contributed by atoms with Crippen molar-refractivity contribution in [2.24, 2.45) is 5.41 Å². The Kier molecular flexibility index (Phi) is 5.08. The van der Waals surface area contributed by atoms with Crippen molar-refractivity contribution in [2.45, 2.75) is 50.9 Å². The first-order chi connectivity index (χ1) is 15.8. The van der Waals surface area contributed by atoms with E-state index in [0.717, 1.165) is 24.1 Å². The smallest absolute Gasteiger partial charge is 0.200 e. The van der Waals surface area contributed by atoms with Gasteiger partial charge in [-0.2, -0.15) is 5.10 Å². The van der Waals surface area contributed by atoms with Crippen LogP contribution in [0.4, 0.5) is 8.78 Å². The van der Waals surface area contributed by atoms with Gasteiger partial charge >= 0.3 is 0 Å². The summed E-state index contributed by atoms with van der Waals surface area (Å²) in [6.07, 6.45) is 3.76. The minimum Gasteiger partial charge on any atom is -0.396 e. The molecule has 1 N–H and O–H groups in total. The van der Waals surface area contributed by atoms with Crippen molar-refractivity contribution in [1.29, 1.82) is 0 Å². The number of aliphatic hydroxyl groups is 1. The van der Waals surface area contributed by atoms with Crippen molar-refractivity contribution in [1.82, 2.24) is 20.2 Å². The van der Waals surface area contributed by atoms with Crippen molar-refractivity contribution in [3.63, 3.8) is 0 Å². The van der Waals surface area contributed by atoms with Crippen LogP contribution in [0.25, 0.3) is 11.3 Å². The summed E-state index contributed by atoms with van der Waals surface area (Å²) in [7, 11) is 0. The Labute approximate surface area is 190 Å². The first-order valence-electron chi connectivity index (χ1n) is 11.1. The molecule has 0 unspecified atom stereocenters. The van der Waals surface area contributed by atoms with Crippen LogP contribution < -0.4 is 0 Å². The maximum Gasteiger partial charge on any atom is 0.200 e.